The third-order valence-corrected chi connectivity index (χ3v) is 2.52. The minimum Gasteiger partial charge on any atom is -0.480 e. The summed E-state index contributed by atoms with van der Waals surface area (Å²) in [5.74, 6) is 0.925. The topological polar surface area (TPSA) is 102 Å². The molecule has 1 atom stereocenters. The summed E-state index contributed by atoms with van der Waals surface area (Å²) in [4.78, 5) is 14.2. The number of carboxylic acids is 1. The minimum atomic E-state index is -0.967. The van der Waals surface area contributed by atoms with Crippen molar-refractivity contribution in [2.24, 2.45) is 5.73 Å². The normalized spacial score (nSPS) is 12.6. The highest BCUT2D eigenvalue weighted by atomic mass is 32.2. The van der Waals surface area contributed by atoms with Crippen LogP contribution in [-0.2, 0) is 10.5 Å². The lowest BCUT2D eigenvalue weighted by Gasteiger charge is -2.03. The fraction of sp³-hybridized carbons (Fsp3) is 0.571. The van der Waals surface area contributed by atoms with Gasteiger partial charge in [0.25, 0.3) is 0 Å². The zero-order valence-corrected chi connectivity index (χ0v) is 8.24. The largest absolute Gasteiger partial charge is 0.480 e. The van der Waals surface area contributed by atoms with E-state index in [0.29, 0.717) is 23.8 Å². The highest BCUT2D eigenvalue weighted by Gasteiger charge is 2.10. The van der Waals surface area contributed by atoms with Crippen LogP contribution in [-0.4, -0.2) is 33.0 Å². The molecule has 0 radical (unpaired) electrons. The highest BCUT2D eigenvalue weighted by Crippen LogP contribution is 2.09. The highest BCUT2D eigenvalue weighted by molar-refractivity contribution is 7.98. The lowest BCUT2D eigenvalue weighted by Crippen LogP contribution is -2.30. The number of rotatable bonds is 6. The summed E-state index contributed by atoms with van der Waals surface area (Å²) >= 11 is 1.53. The predicted molar refractivity (Wildman–Crippen MR) is 50.7 cm³/mol. The maximum Gasteiger partial charge on any atom is 0.320 e. The molecular weight excluding hydrogens is 206 g/mol. The van der Waals surface area contributed by atoms with E-state index >= 15 is 0 Å². The summed E-state index contributed by atoms with van der Waals surface area (Å²) in [6.07, 6.45) is 1.71. The average molecular weight is 217 g/mol. The first kappa shape index (κ1) is 11.0. The Bertz CT molecular complexity index is 278. The Hall–Kier alpha value is -1.08. The van der Waals surface area contributed by atoms with Crippen LogP contribution in [0.5, 0.6) is 0 Å². The van der Waals surface area contributed by atoms with Crippen LogP contribution < -0.4 is 5.73 Å². The molecule has 0 saturated heterocycles. The van der Waals surface area contributed by atoms with Crippen LogP contribution in [0.15, 0.2) is 10.9 Å². The third kappa shape index (κ3) is 3.75. The molecule has 1 aromatic heterocycles. The zero-order valence-electron chi connectivity index (χ0n) is 7.42. The maximum atomic E-state index is 10.3. The van der Waals surface area contributed by atoms with Gasteiger partial charge in [-0.2, -0.15) is 16.7 Å². The first-order valence-electron chi connectivity index (χ1n) is 4.01. The second-order valence-electron chi connectivity index (χ2n) is 2.63. The SMILES string of the molecule is NC(CCSCc1ncon1)C(=O)O. The molecule has 1 rings (SSSR count). The standard InChI is InChI=1S/C7H11N3O3S/c8-5(7(11)12)1-2-14-3-6-9-4-13-10-6/h4-5H,1-3,8H2,(H,11,12). The number of hydrogen-bond acceptors (Lipinski definition) is 6. The van der Waals surface area contributed by atoms with Gasteiger partial charge in [-0.25, -0.2) is 0 Å². The van der Waals surface area contributed by atoms with Crippen molar-refractivity contribution in [2.75, 3.05) is 5.75 Å². The number of carboxylic acid groups (broad SMARTS) is 1. The van der Waals surface area contributed by atoms with Crippen LogP contribution in [0.2, 0.25) is 0 Å². The van der Waals surface area contributed by atoms with Gasteiger partial charge in [0.15, 0.2) is 5.82 Å². The third-order valence-electron chi connectivity index (χ3n) is 1.53. The Morgan fingerprint density at radius 3 is 3.14 bits per heavy atom. The van der Waals surface area contributed by atoms with Gasteiger partial charge in [-0.3, -0.25) is 4.79 Å². The summed E-state index contributed by atoms with van der Waals surface area (Å²) in [6, 6.07) is -0.784. The van der Waals surface area contributed by atoms with Crippen molar-refractivity contribution in [3.8, 4) is 0 Å². The van der Waals surface area contributed by atoms with E-state index in [0.717, 1.165) is 0 Å². The lowest BCUT2D eigenvalue weighted by molar-refractivity contribution is -0.138. The first-order valence-corrected chi connectivity index (χ1v) is 5.17. The van der Waals surface area contributed by atoms with Crippen molar-refractivity contribution in [1.29, 1.82) is 0 Å². The Labute approximate surface area is 84.9 Å². The van der Waals surface area contributed by atoms with Crippen LogP contribution in [0.3, 0.4) is 0 Å². The van der Waals surface area contributed by atoms with Gasteiger partial charge < -0.3 is 15.4 Å². The van der Waals surface area contributed by atoms with E-state index in [1.807, 2.05) is 0 Å². The van der Waals surface area contributed by atoms with Crippen LogP contribution in [0, 0.1) is 0 Å². The van der Waals surface area contributed by atoms with E-state index < -0.39 is 12.0 Å². The molecule has 0 aliphatic heterocycles. The van der Waals surface area contributed by atoms with Crippen molar-refractivity contribution in [3.63, 3.8) is 0 Å². The molecule has 0 aromatic carbocycles. The number of carbonyl (C=O) groups is 1. The second kappa shape index (κ2) is 5.61. The van der Waals surface area contributed by atoms with Crippen molar-refractivity contribution in [1.82, 2.24) is 10.1 Å². The van der Waals surface area contributed by atoms with Crippen LogP contribution in [0.1, 0.15) is 12.2 Å². The van der Waals surface area contributed by atoms with Crippen molar-refractivity contribution in [3.05, 3.63) is 12.2 Å². The molecule has 0 aliphatic rings. The van der Waals surface area contributed by atoms with E-state index in [2.05, 4.69) is 14.7 Å². The van der Waals surface area contributed by atoms with Gasteiger partial charge >= 0.3 is 5.97 Å². The monoisotopic (exact) mass is 217 g/mol. The maximum absolute atomic E-state index is 10.3. The zero-order chi connectivity index (χ0) is 10.4. The van der Waals surface area contributed by atoms with Gasteiger partial charge in [-0.15, -0.1) is 0 Å². The number of aromatic nitrogens is 2. The number of hydrogen-bond donors (Lipinski definition) is 2. The fourth-order valence-electron chi connectivity index (χ4n) is 0.753. The van der Waals surface area contributed by atoms with Gasteiger partial charge in [0.05, 0.1) is 5.75 Å². The molecule has 0 spiro atoms. The molecule has 1 unspecified atom stereocenters. The van der Waals surface area contributed by atoms with Crippen LogP contribution >= 0.6 is 11.8 Å². The van der Waals surface area contributed by atoms with E-state index in [9.17, 15) is 4.79 Å². The summed E-state index contributed by atoms with van der Waals surface area (Å²) < 4.78 is 4.54. The Morgan fingerprint density at radius 2 is 2.57 bits per heavy atom. The molecule has 1 heterocycles. The van der Waals surface area contributed by atoms with E-state index in [4.69, 9.17) is 10.8 Å². The van der Waals surface area contributed by atoms with E-state index in [1.54, 1.807) is 0 Å². The van der Waals surface area contributed by atoms with Gasteiger partial charge in [0.2, 0.25) is 6.39 Å². The summed E-state index contributed by atoms with van der Waals surface area (Å²) in [6.45, 7) is 0. The van der Waals surface area contributed by atoms with Crippen LogP contribution in [0.4, 0.5) is 0 Å². The van der Waals surface area contributed by atoms with Gasteiger partial charge in [-0.1, -0.05) is 5.16 Å². The molecule has 3 N–H and O–H groups in total. The molecule has 78 valence electrons. The minimum absolute atomic E-state index is 0.442. The molecule has 7 heteroatoms. The molecule has 0 aliphatic carbocycles. The van der Waals surface area contributed by atoms with Crippen molar-refractivity contribution < 1.29 is 14.4 Å². The fourth-order valence-corrected chi connectivity index (χ4v) is 1.63. The predicted octanol–water partition coefficient (Wildman–Crippen LogP) is 0.105. The molecule has 0 amide bonds. The van der Waals surface area contributed by atoms with Gasteiger partial charge in [0.1, 0.15) is 6.04 Å². The Morgan fingerprint density at radius 1 is 1.79 bits per heavy atom. The molecule has 0 fully saturated rings. The molecule has 0 bridgehead atoms. The molecule has 14 heavy (non-hydrogen) atoms. The summed E-state index contributed by atoms with van der Waals surface area (Å²) in [7, 11) is 0. The summed E-state index contributed by atoms with van der Waals surface area (Å²) in [5.41, 5.74) is 5.31. The molecule has 6 nitrogen and oxygen atoms in total. The number of thioether (sulfide) groups is 1. The molecule has 1 aromatic rings. The molecule has 0 saturated carbocycles. The van der Waals surface area contributed by atoms with Gasteiger partial charge in [0, 0.05) is 0 Å². The lowest BCUT2D eigenvalue weighted by atomic mass is 10.2. The number of nitrogens with zero attached hydrogens (tertiary/aromatic N) is 2. The Balaban J connectivity index is 2.08. The molecular formula is C7H11N3O3S. The number of nitrogens with two attached hydrogens (primary N) is 1. The van der Waals surface area contributed by atoms with E-state index in [-0.39, 0.29) is 0 Å². The number of aliphatic carboxylic acids is 1. The smallest absolute Gasteiger partial charge is 0.320 e. The Kier molecular flexibility index (Phi) is 4.41. The quantitative estimate of drug-likeness (QED) is 0.651. The van der Waals surface area contributed by atoms with Gasteiger partial charge in [-0.05, 0) is 12.2 Å². The van der Waals surface area contributed by atoms with Crippen molar-refractivity contribution >= 4 is 17.7 Å². The first-order chi connectivity index (χ1) is 6.70. The second-order valence-corrected chi connectivity index (χ2v) is 3.74. The van der Waals surface area contributed by atoms with E-state index in [1.165, 1.54) is 18.2 Å². The van der Waals surface area contributed by atoms with Crippen LogP contribution in [0.25, 0.3) is 0 Å². The average Bonchev–Trinajstić information content (AvgIpc) is 2.64. The van der Waals surface area contributed by atoms with Crippen molar-refractivity contribution in [2.45, 2.75) is 18.2 Å². The summed E-state index contributed by atoms with van der Waals surface area (Å²) in [5, 5.41) is 12.1.